The maximum absolute atomic E-state index is 2.48. The molecular formula is C11H24N2. The van der Waals surface area contributed by atoms with Gasteiger partial charge in [0.25, 0.3) is 0 Å². The van der Waals surface area contributed by atoms with Gasteiger partial charge in [-0.2, -0.15) is 0 Å². The third kappa shape index (κ3) is 1.89. The molecule has 0 atom stereocenters. The molecule has 0 unspecified atom stereocenters. The van der Waals surface area contributed by atoms with E-state index in [1.165, 1.54) is 19.6 Å². The van der Waals surface area contributed by atoms with E-state index in [0.29, 0.717) is 5.41 Å². The average molecular weight is 184 g/mol. The Bertz CT molecular complexity index is 185. The standard InChI is InChI=1S/C11H24N2/c1-10(2)9-12(5)7-8-13(6)11(10,3)4/h7-9H2,1-6H3. The van der Waals surface area contributed by atoms with Crippen LogP contribution in [0, 0.1) is 5.41 Å². The van der Waals surface area contributed by atoms with Gasteiger partial charge in [0.2, 0.25) is 0 Å². The Morgan fingerprint density at radius 3 is 2.00 bits per heavy atom. The van der Waals surface area contributed by atoms with Gasteiger partial charge in [-0.15, -0.1) is 0 Å². The highest BCUT2D eigenvalue weighted by molar-refractivity contribution is 4.97. The van der Waals surface area contributed by atoms with E-state index in [1.807, 2.05) is 0 Å². The quantitative estimate of drug-likeness (QED) is 0.565. The molecule has 0 amide bonds. The summed E-state index contributed by atoms with van der Waals surface area (Å²) < 4.78 is 0. The van der Waals surface area contributed by atoms with Crippen LogP contribution in [0.25, 0.3) is 0 Å². The third-order valence-electron chi connectivity index (χ3n) is 4.09. The Morgan fingerprint density at radius 1 is 0.923 bits per heavy atom. The molecule has 13 heavy (non-hydrogen) atoms. The fourth-order valence-corrected chi connectivity index (χ4v) is 2.06. The van der Waals surface area contributed by atoms with Gasteiger partial charge in [0.15, 0.2) is 0 Å². The predicted molar refractivity (Wildman–Crippen MR) is 58.0 cm³/mol. The average Bonchev–Trinajstić information content (AvgIpc) is 2.02. The van der Waals surface area contributed by atoms with Gasteiger partial charge in [0.1, 0.15) is 0 Å². The van der Waals surface area contributed by atoms with Crippen LogP contribution < -0.4 is 0 Å². The first-order valence-electron chi connectivity index (χ1n) is 5.17. The Labute approximate surface area is 82.9 Å². The largest absolute Gasteiger partial charge is 0.304 e. The molecular weight excluding hydrogens is 160 g/mol. The molecule has 0 saturated carbocycles. The number of hydrogen-bond donors (Lipinski definition) is 0. The Morgan fingerprint density at radius 2 is 1.46 bits per heavy atom. The second-order valence-electron chi connectivity index (χ2n) is 5.60. The smallest absolute Gasteiger partial charge is 0.0213 e. The van der Waals surface area contributed by atoms with E-state index in [1.54, 1.807) is 0 Å². The molecule has 1 heterocycles. The highest BCUT2D eigenvalue weighted by Crippen LogP contribution is 2.36. The summed E-state index contributed by atoms with van der Waals surface area (Å²) in [6.07, 6.45) is 0. The van der Waals surface area contributed by atoms with Crippen molar-refractivity contribution in [2.75, 3.05) is 33.7 Å². The van der Waals surface area contributed by atoms with Crippen LogP contribution in [0.15, 0.2) is 0 Å². The highest BCUT2D eigenvalue weighted by atomic mass is 15.2. The lowest BCUT2D eigenvalue weighted by atomic mass is 9.73. The maximum Gasteiger partial charge on any atom is 0.0213 e. The summed E-state index contributed by atoms with van der Waals surface area (Å²) >= 11 is 0. The molecule has 0 aliphatic carbocycles. The molecule has 0 N–H and O–H groups in total. The topological polar surface area (TPSA) is 6.48 Å². The maximum atomic E-state index is 2.48. The van der Waals surface area contributed by atoms with Crippen molar-refractivity contribution in [1.29, 1.82) is 0 Å². The van der Waals surface area contributed by atoms with Crippen molar-refractivity contribution < 1.29 is 0 Å². The zero-order valence-electron chi connectivity index (χ0n) is 10.0. The number of nitrogens with zero attached hydrogens (tertiary/aromatic N) is 2. The number of likely N-dealkylation sites (N-methyl/N-ethyl adjacent to an activating group) is 2. The molecule has 0 aromatic rings. The van der Waals surface area contributed by atoms with Crippen LogP contribution in [0.2, 0.25) is 0 Å². The van der Waals surface area contributed by atoms with Gasteiger partial charge >= 0.3 is 0 Å². The second kappa shape index (κ2) is 3.25. The van der Waals surface area contributed by atoms with E-state index in [0.717, 1.165) is 0 Å². The van der Waals surface area contributed by atoms with Crippen molar-refractivity contribution in [1.82, 2.24) is 9.80 Å². The van der Waals surface area contributed by atoms with Crippen molar-refractivity contribution in [2.45, 2.75) is 33.2 Å². The number of rotatable bonds is 0. The zero-order chi connectivity index (χ0) is 10.3. The van der Waals surface area contributed by atoms with Crippen LogP contribution in [0.3, 0.4) is 0 Å². The molecule has 0 radical (unpaired) electrons. The molecule has 0 aromatic heterocycles. The minimum Gasteiger partial charge on any atom is -0.304 e. The highest BCUT2D eigenvalue weighted by Gasteiger charge is 2.42. The lowest BCUT2D eigenvalue weighted by molar-refractivity contribution is 0.0451. The fourth-order valence-electron chi connectivity index (χ4n) is 2.06. The van der Waals surface area contributed by atoms with Crippen LogP contribution in [0.1, 0.15) is 27.7 Å². The van der Waals surface area contributed by atoms with Gasteiger partial charge in [-0.3, -0.25) is 4.90 Å². The first kappa shape index (κ1) is 11.0. The summed E-state index contributed by atoms with van der Waals surface area (Å²) in [5, 5.41) is 0. The first-order chi connectivity index (χ1) is 5.77. The molecule has 78 valence electrons. The van der Waals surface area contributed by atoms with Crippen LogP contribution >= 0.6 is 0 Å². The zero-order valence-corrected chi connectivity index (χ0v) is 10.0. The molecule has 1 aliphatic rings. The molecule has 0 aromatic carbocycles. The van der Waals surface area contributed by atoms with Gasteiger partial charge in [-0.05, 0) is 33.4 Å². The number of hydrogen-bond acceptors (Lipinski definition) is 2. The molecule has 1 fully saturated rings. The monoisotopic (exact) mass is 184 g/mol. The van der Waals surface area contributed by atoms with Crippen molar-refractivity contribution in [2.24, 2.45) is 5.41 Å². The molecule has 0 bridgehead atoms. The van der Waals surface area contributed by atoms with E-state index < -0.39 is 0 Å². The summed E-state index contributed by atoms with van der Waals surface area (Å²) in [7, 11) is 4.46. The molecule has 1 rings (SSSR count). The van der Waals surface area contributed by atoms with Crippen LogP contribution in [-0.2, 0) is 0 Å². The van der Waals surface area contributed by atoms with Crippen molar-refractivity contribution >= 4 is 0 Å². The molecule has 0 spiro atoms. The van der Waals surface area contributed by atoms with Gasteiger partial charge in [-0.1, -0.05) is 13.8 Å². The van der Waals surface area contributed by atoms with Gasteiger partial charge in [0, 0.05) is 25.2 Å². The Kier molecular flexibility index (Phi) is 2.75. The van der Waals surface area contributed by atoms with Gasteiger partial charge in [0.05, 0.1) is 0 Å². The van der Waals surface area contributed by atoms with E-state index in [4.69, 9.17) is 0 Å². The summed E-state index contributed by atoms with van der Waals surface area (Å²) in [6, 6.07) is 0. The lowest BCUT2D eigenvalue weighted by Crippen LogP contribution is -2.53. The second-order valence-corrected chi connectivity index (χ2v) is 5.60. The van der Waals surface area contributed by atoms with Crippen LogP contribution in [0.5, 0.6) is 0 Å². The van der Waals surface area contributed by atoms with Crippen LogP contribution in [-0.4, -0.2) is 49.1 Å². The summed E-state index contributed by atoms with van der Waals surface area (Å²) in [6.45, 7) is 13.0. The van der Waals surface area contributed by atoms with Gasteiger partial charge in [-0.25, -0.2) is 0 Å². The van der Waals surface area contributed by atoms with Crippen molar-refractivity contribution in [3.63, 3.8) is 0 Å². The van der Waals surface area contributed by atoms with E-state index in [2.05, 4.69) is 51.6 Å². The summed E-state index contributed by atoms with van der Waals surface area (Å²) in [5.74, 6) is 0. The third-order valence-corrected chi connectivity index (χ3v) is 4.09. The molecule has 1 saturated heterocycles. The summed E-state index contributed by atoms with van der Waals surface area (Å²) in [5.41, 5.74) is 0.644. The van der Waals surface area contributed by atoms with Crippen molar-refractivity contribution in [3.05, 3.63) is 0 Å². The fraction of sp³-hybridized carbons (Fsp3) is 1.00. The minimum atomic E-state index is 0.289. The van der Waals surface area contributed by atoms with Gasteiger partial charge < -0.3 is 4.90 Å². The Hall–Kier alpha value is -0.0800. The molecule has 2 heteroatoms. The van der Waals surface area contributed by atoms with E-state index in [-0.39, 0.29) is 5.54 Å². The predicted octanol–water partition coefficient (Wildman–Crippen LogP) is 1.67. The lowest BCUT2D eigenvalue weighted by Gasteiger charge is -2.46. The van der Waals surface area contributed by atoms with Crippen molar-refractivity contribution in [3.8, 4) is 0 Å². The SMILES string of the molecule is CN1CCN(C)C(C)(C)C(C)(C)C1. The molecule has 2 nitrogen and oxygen atoms in total. The minimum absolute atomic E-state index is 0.289. The normalized spacial score (nSPS) is 30.0. The Balaban J connectivity index is 2.91. The van der Waals surface area contributed by atoms with E-state index in [9.17, 15) is 0 Å². The van der Waals surface area contributed by atoms with E-state index >= 15 is 0 Å². The van der Waals surface area contributed by atoms with Crippen LogP contribution in [0.4, 0.5) is 0 Å². The molecule has 1 aliphatic heterocycles. The summed E-state index contributed by atoms with van der Waals surface area (Å²) in [4.78, 5) is 4.92. The first-order valence-corrected chi connectivity index (χ1v) is 5.17.